The van der Waals surface area contributed by atoms with Crippen LogP contribution in [0.15, 0.2) is 52.4 Å². The number of benzene rings is 2. The molecule has 1 aliphatic carbocycles. The Bertz CT molecular complexity index is 1470. The van der Waals surface area contributed by atoms with E-state index in [2.05, 4.69) is 10.3 Å². The first kappa shape index (κ1) is 28.2. The molecule has 0 unspecified atom stereocenters. The van der Waals surface area contributed by atoms with Gasteiger partial charge in [0, 0.05) is 44.4 Å². The zero-order valence-electron chi connectivity index (χ0n) is 22.0. The van der Waals surface area contributed by atoms with E-state index in [9.17, 15) is 18.0 Å². The third-order valence-electron chi connectivity index (χ3n) is 6.73. The van der Waals surface area contributed by atoms with Gasteiger partial charge in [-0.1, -0.05) is 30.6 Å². The summed E-state index contributed by atoms with van der Waals surface area (Å²) in [5, 5.41) is 2.77. The van der Waals surface area contributed by atoms with Gasteiger partial charge in [-0.3, -0.25) is 9.59 Å². The van der Waals surface area contributed by atoms with Crippen LogP contribution in [0.25, 0.3) is 10.2 Å². The van der Waals surface area contributed by atoms with Crippen molar-refractivity contribution in [1.82, 2.24) is 8.87 Å². The molecule has 2 aromatic carbocycles. The third-order valence-corrected chi connectivity index (χ3v) is 9.70. The van der Waals surface area contributed by atoms with Gasteiger partial charge in [-0.05, 0) is 62.2 Å². The van der Waals surface area contributed by atoms with Crippen LogP contribution >= 0.6 is 11.3 Å². The normalized spacial score (nSPS) is 15.3. The van der Waals surface area contributed by atoms with Gasteiger partial charge < -0.3 is 14.6 Å². The SMILES string of the molecule is CCOCCn1c(=NC(=O)c2ccc(S(=O)(=O)N(C)C3CCCCC3)cc2)sc2cc(NC(C)=O)ccc21. The van der Waals surface area contributed by atoms with Crippen molar-refractivity contribution >= 4 is 49.1 Å². The minimum Gasteiger partial charge on any atom is -0.380 e. The van der Waals surface area contributed by atoms with Gasteiger partial charge in [0.2, 0.25) is 15.9 Å². The van der Waals surface area contributed by atoms with E-state index >= 15 is 0 Å². The predicted molar refractivity (Wildman–Crippen MR) is 149 cm³/mol. The standard InChI is InChI=1S/C27H34N4O5S2/c1-4-36-17-16-31-24-15-12-21(28-19(2)32)18-25(24)37-27(31)29-26(33)20-10-13-23(14-11-20)38(34,35)30(3)22-8-6-5-7-9-22/h10-15,18,22H,4-9,16-17H2,1-3H3,(H,28,32). The Morgan fingerprint density at radius 1 is 1.13 bits per heavy atom. The number of thiazole rings is 1. The molecule has 2 amide bonds. The lowest BCUT2D eigenvalue weighted by molar-refractivity contribution is -0.114. The minimum atomic E-state index is -3.64. The van der Waals surface area contributed by atoms with Crippen molar-refractivity contribution < 1.29 is 22.7 Å². The molecule has 0 atom stereocenters. The molecule has 0 spiro atoms. The average Bonchev–Trinajstić information content (AvgIpc) is 3.24. The van der Waals surface area contributed by atoms with Gasteiger partial charge in [-0.2, -0.15) is 9.30 Å². The number of carbonyl (C=O) groups excluding carboxylic acids is 2. The maximum Gasteiger partial charge on any atom is 0.279 e. The number of hydrogen-bond donors (Lipinski definition) is 1. The Morgan fingerprint density at radius 2 is 1.84 bits per heavy atom. The highest BCUT2D eigenvalue weighted by Gasteiger charge is 2.29. The Kier molecular flexibility index (Phi) is 9.14. The predicted octanol–water partition coefficient (Wildman–Crippen LogP) is 4.39. The lowest BCUT2D eigenvalue weighted by atomic mass is 9.96. The molecule has 0 saturated heterocycles. The topological polar surface area (TPSA) is 110 Å². The summed E-state index contributed by atoms with van der Waals surface area (Å²) in [7, 11) is -2.01. The van der Waals surface area contributed by atoms with E-state index in [1.807, 2.05) is 29.7 Å². The molecule has 0 aliphatic heterocycles. The van der Waals surface area contributed by atoms with Crippen molar-refractivity contribution in [2.75, 3.05) is 25.6 Å². The number of nitrogens with zero attached hydrogens (tertiary/aromatic N) is 3. The number of hydrogen-bond acceptors (Lipinski definition) is 6. The van der Waals surface area contributed by atoms with Crippen molar-refractivity contribution in [2.45, 2.75) is 63.4 Å². The Morgan fingerprint density at radius 3 is 2.50 bits per heavy atom. The third kappa shape index (κ3) is 6.40. The minimum absolute atomic E-state index is 0.0105. The van der Waals surface area contributed by atoms with Gasteiger partial charge in [-0.15, -0.1) is 0 Å². The number of anilines is 1. The fourth-order valence-electron chi connectivity index (χ4n) is 4.68. The van der Waals surface area contributed by atoms with E-state index in [0.29, 0.717) is 35.8 Å². The van der Waals surface area contributed by atoms with Crippen LogP contribution < -0.4 is 10.1 Å². The summed E-state index contributed by atoms with van der Waals surface area (Å²) in [6.45, 7) is 4.90. The summed E-state index contributed by atoms with van der Waals surface area (Å²) < 4.78 is 36.1. The molecular formula is C27H34N4O5S2. The molecule has 1 saturated carbocycles. The molecular weight excluding hydrogens is 524 g/mol. The maximum atomic E-state index is 13.1. The molecule has 4 rings (SSSR count). The summed E-state index contributed by atoms with van der Waals surface area (Å²) in [4.78, 5) is 29.6. The van der Waals surface area contributed by atoms with Crippen molar-refractivity contribution in [3.05, 3.63) is 52.8 Å². The number of nitrogens with one attached hydrogen (secondary N) is 1. The molecule has 0 radical (unpaired) electrons. The molecule has 11 heteroatoms. The number of fused-ring (bicyclic) bond motifs is 1. The Balaban J connectivity index is 1.62. The van der Waals surface area contributed by atoms with Crippen LogP contribution in [0.5, 0.6) is 0 Å². The number of ether oxygens (including phenoxy) is 1. The van der Waals surface area contributed by atoms with Gasteiger partial charge in [-0.25, -0.2) is 8.42 Å². The van der Waals surface area contributed by atoms with Crippen molar-refractivity contribution in [3.63, 3.8) is 0 Å². The molecule has 1 aromatic heterocycles. The first-order valence-corrected chi connectivity index (χ1v) is 15.1. The molecule has 0 bridgehead atoms. The summed E-state index contributed by atoms with van der Waals surface area (Å²) in [6, 6.07) is 11.5. The fourth-order valence-corrected chi connectivity index (χ4v) is 7.19. The van der Waals surface area contributed by atoms with E-state index < -0.39 is 15.9 Å². The molecule has 1 heterocycles. The molecule has 1 fully saturated rings. The number of rotatable bonds is 9. The van der Waals surface area contributed by atoms with Gasteiger partial charge in [0.05, 0.1) is 21.7 Å². The second-order valence-electron chi connectivity index (χ2n) is 9.35. The van der Waals surface area contributed by atoms with Crippen LogP contribution in [0.4, 0.5) is 5.69 Å². The smallest absolute Gasteiger partial charge is 0.279 e. The van der Waals surface area contributed by atoms with Crippen LogP contribution in [0.2, 0.25) is 0 Å². The first-order valence-electron chi connectivity index (χ1n) is 12.9. The Hall–Kier alpha value is -2.86. The average molecular weight is 559 g/mol. The second-order valence-corrected chi connectivity index (χ2v) is 12.4. The van der Waals surface area contributed by atoms with E-state index in [1.54, 1.807) is 7.05 Å². The summed E-state index contributed by atoms with van der Waals surface area (Å²) >= 11 is 1.34. The monoisotopic (exact) mass is 558 g/mol. The van der Waals surface area contributed by atoms with Crippen LogP contribution in [0.3, 0.4) is 0 Å². The van der Waals surface area contributed by atoms with Crippen LogP contribution in [-0.2, 0) is 26.1 Å². The number of carbonyl (C=O) groups is 2. The highest BCUT2D eigenvalue weighted by atomic mass is 32.2. The molecule has 9 nitrogen and oxygen atoms in total. The van der Waals surface area contributed by atoms with E-state index in [1.165, 1.54) is 46.8 Å². The Labute approximate surface area is 227 Å². The largest absolute Gasteiger partial charge is 0.380 e. The molecule has 38 heavy (non-hydrogen) atoms. The fraction of sp³-hybridized carbons (Fsp3) is 0.444. The van der Waals surface area contributed by atoms with Gasteiger partial charge >= 0.3 is 0 Å². The van der Waals surface area contributed by atoms with Crippen LogP contribution in [0.1, 0.15) is 56.3 Å². The number of aromatic nitrogens is 1. The maximum absolute atomic E-state index is 13.1. The highest BCUT2D eigenvalue weighted by molar-refractivity contribution is 7.89. The van der Waals surface area contributed by atoms with E-state index in [-0.39, 0.29) is 16.8 Å². The molecule has 1 N–H and O–H groups in total. The molecule has 3 aromatic rings. The first-order chi connectivity index (χ1) is 18.2. The van der Waals surface area contributed by atoms with E-state index in [0.717, 1.165) is 42.3 Å². The van der Waals surface area contributed by atoms with Crippen molar-refractivity contribution in [1.29, 1.82) is 0 Å². The highest BCUT2D eigenvalue weighted by Crippen LogP contribution is 2.27. The van der Waals surface area contributed by atoms with E-state index in [4.69, 9.17) is 4.74 Å². The van der Waals surface area contributed by atoms with Crippen molar-refractivity contribution in [3.8, 4) is 0 Å². The lowest BCUT2D eigenvalue weighted by Crippen LogP contribution is -2.38. The van der Waals surface area contributed by atoms with Crippen LogP contribution in [0, 0.1) is 0 Å². The van der Waals surface area contributed by atoms with Gasteiger partial charge in [0.15, 0.2) is 4.80 Å². The number of amides is 2. The zero-order valence-corrected chi connectivity index (χ0v) is 23.6. The van der Waals surface area contributed by atoms with Crippen LogP contribution in [-0.4, -0.2) is 55.4 Å². The second kappa shape index (κ2) is 12.3. The van der Waals surface area contributed by atoms with Gasteiger partial charge in [0.25, 0.3) is 5.91 Å². The summed E-state index contributed by atoms with van der Waals surface area (Å²) in [5.41, 5.74) is 1.84. The number of sulfonamides is 1. The summed E-state index contributed by atoms with van der Waals surface area (Å²) in [5.74, 6) is -0.631. The zero-order chi connectivity index (χ0) is 27.3. The molecule has 204 valence electrons. The lowest BCUT2D eigenvalue weighted by Gasteiger charge is -2.30. The molecule has 1 aliphatic rings. The quantitative estimate of drug-likeness (QED) is 0.392. The van der Waals surface area contributed by atoms with Crippen molar-refractivity contribution in [2.24, 2.45) is 4.99 Å². The summed E-state index contributed by atoms with van der Waals surface area (Å²) in [6.07, 6.45) is 4.96. The van der Waals surface area contributed by atoms with Gasteiger partial charge in [0.1, 0.15) is 0 Å².